The maximum atomic E-state index is 13.1. The van der Waals surface area contributed by atoms with Gasteiger partial charge in [0.15, 0.2) is 0 Å². The summed E-state index contributed by atoms with van der Waals surface area (Å²) in [6.45, 7) is 0. The first-order valence-electron chi connectivity index (χ1n) is 6.61. The van der Waals surface area contributed by atoms with Crippen molar-refractivity contribution in [1.29, 1.82) is 0 Å². The minimum absolute atomic E-state index is 0.161. The lowest BCUT2D eigenvalue weighted by molar-refractivity contribution is -0.118. The molecule has 1 fully saturated rings. The molecule has 0 N–H and O–H groups in total. The minimum atomic E-state index is -0.335. The van der Waals surface area contributed by atoms with Gasteiger partial charge in [-0.05, 0) is 36.1 Å². The van der Waals surface area contributed by atoms with E-state index in [0.717, 1.165) is 12.3 Å². The third kappa shape index (κ3) is 3.81. The highest BCUT2D eigenvalue weighted by Crippen LogP contribution is 2.29. The molecule has 1 nitrogen and oxygen atoms in total. The number of Topliss-reactive ketones (excluding diaryl/α,β-unsaturated/α-hetero) is 1. The van der Waals surface area contributed by atoms with Crippen LogP contribution >= 0.6 is 11.6 Å². The Bertz CT molecular complexity index is 425. The Morgan fingerprint density at radius 2 is 2.06 bits per heavy atom. The van der Waals surface area contributed by atoms with Crippen LogP contribution in [-0.2, 0) is 11.2 Å². The molecule has 0 bridgehead atoms. The molecular weight excluding hydrogens is 251 g/mol. The second kappa shape index (κ2) is 6.33. The van der Waals surface area contributed by atoms with Gasteiger partial charge in [-0.1, -0.05) is 37.3 Å². The van der Waals surface area contributed by atoms with E-state index in [1.165, 1.54) is 43.9 Å². The monoisotopic (exact) mass is 268 g/mol. The molecular formula is C15H18ClFO. The fraction of sp³-hybridized carbons (Fsp3) is 0.533. The van der Waals surface area contributed by atoms with E-state index >= 15 is 0 Å². The lowest BCUT2D eigenvalue weighted by Crippen LogP contribution is -2.06. The number of rotatable bonds is 5. The van der Waals surface area contributed by atoms with E-state index in [0.29, 0.717) is 17.0 Å². The smallest absolute Gasteiger partial charge is 0.137 e. The quantitative estimate of drug-likeness (QED) is 0.765. The zero-order valence-corrected chi connectivity index (χ0v) is 11.2. The van der Waals surface area contributed by atoms with Crippen LogP contribution in [0.25, 0.3) is 0 Å². The standard InChI is InChI=1S/C15H18ClFO/c16-15-8-6-13(17)9-12(15)10-14(18)7-5-11-3-1-2-4-11/h6,8-9,11H,1-5,7,10H2. The Kier molecular flexibility index (Phi) is 4.76. The fourth-order valence-corrected chi connectivity index (χ4v) is 2.83. The van der Waals surface area contributed by atoms with Crippen molar-refractivity contribution in [3.05, 3.63) is 34.6 Å². The second-order valence-electron chi connectivity index (χ2n) is 5.14. The predicted octanol–water partition coefficient (Wildman–Crippen LogP) is 4.56. The van der Waals surface area contributed by atoms with Gasteiger partial charge in [-0.3, -0.25) is 4.79 Å². The zero-order valence-electron chi connectivity index (χ0n) is 10.4. The van der Waals surface area contributed by atoms with Crippen molar-refractivity contribution < 1.29 is 9.18 Å². The molecule has 1 aromatic rings. The maximum absolute atomic E-state index is 13.1. The van der Waals surface area contributed by atoms with Gasteiger partial charge in [0.05, 0.1) is 0 Å². The van der Waals surface area contributed by atoms with E-state index < -0.39 is 0 Å². The first kappa shape index (κ1) is 13.5. The van der Waals surface area contributed by atoms with Crippen LogP contribution in [0.1, 0.15) is 44.1 Å². The first-order chi connectivity index (χ1) is 8.65. The summed E-state index contributed by atoms with van der Waals surface area (Å²) in [5.41, 5.74) is 0.605. The molecule has 1 aromatic carbocycles. The number of halogens is 2. The molecule has 2 rings (SSSR count). The molecule has 0 aromatic heterocycles. The summed E-state index contributed by atoms with van der Waals surface area (Å²) in [6, 6.07) is 4.18. The number of hydrogen-bond donors (Lipinski definition) is 0. The Labute approximate surface area is 112 Å². The number of ketones is 1. The number of benzene rings is 1. The van der Waals surface area contributed by atoms with Crippen molar-refractivity contribution in [3.63, 3.8) is 0 Å². The Hall–Kier alpha value is -0.890. The van der Waals surface area contributed by atoms with Crippen LogP contribution in [0.4, 0.5) is 4.39 Å². The molecule has 0 spiro atoms. The fourth-order valence-electron chi connectivity index (χ4n) is 2.64. The topological polar surface area (TPSA) is 17.1 Å². The zero-order chi connectivity index (χ0) is 13.0. The summed E-state index contributed by atoms with van der Waals surface area (Å²) in [5, 5.41) is 0.477. The van der Waals surface area contributed by atoms with Crippen molar-refractivity contribution in [2.45, 2.75) is 44.9 Å². The molecule has 0 heterocycles. The number of carbonyl (C=O) groups is 1. The van der Waals surface area contributed by atoms with Crippen molar-refractivity contribution >= 4 is 17.4 Å². The average Bonchev–Trinajstić information content (AvgIpc) is 2.84. The van der Waals surface area contributed by atoms with Gasteiger partial charge in [-0.25, -0.2) is 4.39 Å². The Balaban J connectivity index is 1.84. The van der Waals surface area contributed by atoms with E-state index in [4.69, 9.17) is 11.6 Å². The van der Waals surface area contributed by atoms with Gasteiger partial charge in [0.2, 0.25) is 0 Å². The van der Waals surface area contributed by atoms with Crippen LogP contribution in [0, 0.1) is 11.7 Å². The third-order valence-corrected chi connectivity index (χ3v) is 4.07. The molecule has 3 heteroatoms. The maximum Gasteiger partial charge on any atom is 0.137 e. The predicted molar refractivity (Wildman–Crippen MR) is 71.3 cm³/mol. The van der Waals surface area contributed by atoms with E-state index in [-0.39, 0.29) is 18.0 Å². The van der Waals surface area contributed by atoms with Crippen LogP contribution in [0.2, 0.25) is 5.02 Å². The molecule has 0 aliphatic heterocycles. The number of hydrogen-bond acceptors (Lipinski definition) is 1. The molecule has 1 saturated carbocycles. The minimum Gasteiger partial charge on any atom is -0.299 e. The van der Waals surface area contributed by atoms with Gasteiger partial charge in [0, 0.05) is 17.9 Å². The first-order valence-corrected chi connectivity index (χ1v) is 6.98. The highest BCUT2D eigenvalue weighted by Gasteiger charge is 2.16. The Morgan fingerprint density at radius 3 is 2.78 bits per heavy atom. The van der Waals surface area contributed by atoms with Gasteiger partial charge in [0.1, 0.15) is 11.6 Å². The lowest BCUT2D eigenvalue weighted by atomic mass is 9.97. The highest BCUT2D eigenvalue weighted by atomic mass is 35.5. The van der Waals surface area contributed by atoms with Gasteiger partial charge in [-0.15, -0.1) is 0 Å². The molecule has 18 heavy (non-hydrogen) atoms. The summed E-state index contributed by atoms with van der Waals surface area (Å²) < 4.78 is 13.1. The van der Waals surface area contributed by atoms with Crippen molar-refractivity contribution in [2.75, 3.05) is 0 Å². The molecule has 0 atom stereocenters. The van der Waals surface area contributed by atoms with Crippen molar-refractivity contribution in [2.24, 2.45) is 5.92 Å². The summed E-state index contributed by atoms with van der Waals surface area (Å²) in [4.78, 5) is 11.9. The van der Waals surface area contributed by atoms with Gasteiger partial charge in [0.25, 0.3) is 0 Å². The van der Waals surface area contributed by atoms with E-state index in [1.807, 2.05) is 0 Å². The molecule has 1 aliphatic carbocycles. The molecule has 0 amide bonds. The largest absolute Gasteiger partial charge is 0.299 e. The third-order valence-electron chi connectivity index (χ3n) is 3.70. The summed E-state index contributed by atoms with van der Waals surface area (Å²) >= 11 is 5.95. The van der Waals surface area contributed by atoms with Crippen LogP contribution in [0.5, 0.6) is 0 Å². The summed E-state index contributed by atoms with van der Waals surface area (Å²) in [7, 11) is 0. The van der Waals surface area contributed by atoms with Crippen LogP contribution in [-0.4, -0.2) is 5.78 Å². The molecule has 0 saturated heterocycles. The Morgan fingerprint density at radius 1 is 1.33 bits per heavy atom. The van der Waals surface area contributed by atoms with Crippen LogP contribution in [0.3, 0.4) is 0 Å². The van der Waals surface area contributed by atoms with Gasteiger partial charge in [-0.2, -0.15) is 0 Å². The molecule has 98 valence electrons. The van der Waals surface area contributed by atoms with E-state index in [1.54, 1.807) is 0 Å². The molecule has 1 aliphatic rings. The average molecular weight is 269 g/mol. The van der Waals surface area contributed by atoms with E-state index in [2.05, 4.69) is 0 Å². The second-order valence-corrected chi connectivity index (χ2v) is 5.55. The van der Waals surface area contributed by atoms with Gasteiger partial charge < -0.3 is 0 Å². The number of carbonyl (C=O) groups excluding carboxylic acids is 1. The van der Waals surface area contributed by atoms with Crippen molar-refractivity contribution in [3.8, 4) is 0 Å². The van der Waals surface area contributed by atoms with Crippen molar-refractivity contribution in [1.82, 2.24) is 0 Å². The van der Waals surface area contributed by atoms with Gasteiger partial charge >= 0.3 is 0 Å². The van der Waals surface area contributed by atoms with Crippen LogP contribution < -0.4 is 0 Å². The summed E-state index contributed by atoms with van der Waals surface area (Å²) in [6.07, 6.45) is 6.94. The molecule has 0 unspecified atom stereocenters. The SMILES string of the molecule is O=C(CCC1CCCC1)Cc1cc(F)ccc1Cl. The van der Waals surface area contributed by atoms with E-state index in [9.17, 15) is 9.18 Å². The highest BCUT2D eigenvalue weighted by molar-refractivity contribution is 6.31. The van der Waals surface area contributed by atoms with Crippen LogP contribution in [0.15, 0.2) is 18.2 Å². The lowest BCUT2D eigenvalue weighted by Gasteiger charge is -2.08. The molecule has 0 radical (unpaired) electrons. The summed E-state index contributed by atoms with van der Waals surface area (Å²) in [5.74, 6) is 0.546. The normalized spacial score (nSPS) is 16.1.